The number of nitrogens with one attached hydrogen (secondary N) is 1. The maximum atomic E-state index is 5.46. The monoisotopic (exact) mass is 233 g/mol. The third-order valence-corrected chi connectivity index (χ3v) is 3.59. The van der Waals surface area contributed by atoms with E-state index in [1.165, 1.54) is 29.5 Å². The summed E-state index contributed by atoms with van der Waals surface area (Å²) in [6.07, 6.45) is 2.39. The first kappa shape index (κ1) is 12.6. The van der Waals surface area contributed by atoms with Gasteiger partial charge in [0.15, 0.2) is 0 Å². The molecular weight excluding hydrogens is 210 g/mol. The van der Waals surface area contributed by atoms with Crippen LogP contribution in [0.5, 0.6) is 0 Å². The van der Waals surface area contributed by atoms with E-state index in [2.05, 4.69) is 44.4 Å². The molecule has 1 fully saturated rings. The van der Waals surface area contributed by atoms with Crippen molar-refractivity contribution < 1.29 is 4.74 Å². The van der Waals surface area contributed by atoms with Crippen LogP contribution in [0.15, 0.2) is 18.2 Å². The van der Waals surface area contributed by atoms with E-state index in [1.54, 1.807) is 0 Å². The molecule has 2 rings (SSSR count). The van der Waals surface area contributed by atoms with Crippen LogP contribution in [0.2, 0.25) is 0 Å². The van der Waals surface area contributed by atoms with Crippen LogP contribution in [-0.4, -0.2) is 20.3 Å². The molecule has 0 saturated carbocycles. The van der Waals surface area contributed by atoms with Gasteiger partial charge in [-0.15, -0.1) is 0 Å². The predicted octanol–water partition coefficient (Wildman–Crippen LogP) is 2.99. The third kappa shape index (κ3) is 3.30. The Morgan fingerprint density at radius 2 is 2.00 bits per heavy atom. The van der Waals surface area contributed by atoms with Crippen LogP contribution in [0.4, 0.5) is 0 Å². The van der Waals surface area contributed by atoms with Crippen LogP contribution >= 0.6 is 0 Å². The van der Waals surface area contributed by atoms with Crippen molar-refractivity contribution in [1.82, 2.24) is 5.32 Å². The summed E-state index contributed by atoms with van der Waals surface area (Å²) in [5, 5.41) is 3.44. The van der Waals surface area contributed by atoms with E-state index in [0.29, 0.717) is 12.0 Å². The zero-order valence-electron chi connectivity index (χ0n) is 11.1. The number of benzene rings is 1. The third-order valence-electron chi connectivity index (χ3n) is 3.59. The molecule has 0 bridgehead atoms. The van der Waals surface area contributed by atoms with Crippen LogP contribution in [-0.2, 0) is 4.74 Å². The Hall–Kier alpha value is -0.860. The van der Waals surface area contributed by atoms with E-state index in [1.807, 2.05) is 0 Å². The van der Waals surface area contributed by atoms with Crippen molar-refractivity contribution in [3.05, 3.63) is 34.9 Å². The molecule has 0 amide bonds. The van der Waals surface area contributed by atoms with Crippen LogP contribution in [0, 0.1) is 19.8 Å². The summed E-state index contributed by atoms with van der Waals surface area (Å²) >= 11 is 0. The smallest absolute Gasteiger partial charge is 0.0495 e. The Labute approximate surface area is 104 Å². The first-order chi connectivity index (χ1) is 8.19. The minimum Gasteiger partial charge on any atom is -0.381 e. The predicted molar refractivity (Wildman–Crippen MR) is 71.3 cm³/mol. The minimum absolute atomic E-state index is 0.459. The van der Waals surface area contributed by atoms with Gasteiger partial charge >= 0.3 is 0 Å². The highest BCUT2D eigenvalue weighted by atomic mass is 16.5. The Morgan fingerprint density at radius 1 is 1.29 bits per heavy atom. The highest BCUT2D eigenvalue weighted by Gasteiger charge is 2.21. The first-order valence-corrected chi connectivity index (χ1v) is 6.52. The Kier molecular flexibility index (Phi) is 4.19. The SMILES string of the molecule is CNC(CC1CCOC1)c1cc(C)cc(C)c1. The Bertz CT molecular complexity index is 349. The first-order valence-electron chi connectivity index (χ1n) is 6.52. The lowest BCUT2D eigenvalue weighted by Gasteiger charge is -2.20. The molecule has 2 atom stereocenters. The van der Waals surface area contributed by atoms with Crippen molar-refractivity contribution in [2.45, 2.75) is 32.7 Å². The van der Waals surface area contributed by atoms with Gasteiger partial charge in [-0.05, 0) is 45.2 Å². The van der Waals surface area contributed by atoms with Crippen molar-refractivity contribution in [3.63, 3.8) is 0 Å². The molecule has 1 aliphatic heterocycles. The van der Waals surface area contributed by atoms with E-state index in [9.17, 15) is 0 Å². The molecule has 94 valence electrons. The minimum atomic E-state index is 0.459. The molecule has 1 N–H and O–H groups in total. The summed E-state index contributed by atoms with van der Waals surface area (Å²) in [5.41, 5.74) is 4.11. The fourth-order valence-electron chi connectivity index (χ4n) is 2.73. The van der Waals surface area contributed by atoms with Gasteiger partial charge in [0.05, 0.1) is 0 Å². The van der Waals surface area contributed by atoms with Gasteiger partial charge in [0, 0.05) is 19.3 Å². The molecule has 1 aliphatic rings. The summed E-state index contributed by atoms with van der Waals surface area (Å²) in [6, 6.07) is 7.28. The Morgan fingerprint density at radius 3 is 2.53 bits per heavy atom. The number of hydrogen-bond donors (Lipinski definition) is 1. The number of rotatable bonds is 4. The van der Waals surface area contributed by atoms with Gasteiger partial charge in [-0.3, -0.25) is 0 Å². The maximum absolute atomic E-state index is 5.46. The quantitative estimate of drug-likeness (QED) is 0.863. The standard InChI is InChI=1S/C15H23NO/c1-11-6-12(2)8-14(7-11)15(16-3)9-13-4-5-17-10-13/h6-8,13,15-16H,4-5,9-10H2,1-3H3. The molecule has 1 aromatic rings. The van der Waals surface area contributed by atoms with Gasteiger partial charge in [-0.2, -0.15) is 0 Å². The van der Waals surface area contributed by atoms with Gasteiger partial charge in [0.2, 0.25) is 0 Å². The van der Waals surface area contributed by atoms with Crippen molar-refractivity contribution >= 4 is 0 Å². The van der Waals surface area contributed by atoms with Crippen LogP contribution in [0.1, 0.15) is 35.6 Å². The van der Waals surface area contributed by atoms with Gasteiger partial charge in [-0.25, -0.2) is 0 Å². The fourth-order valence-corrected chi connectivity index (χ4v) is 2.73. The van der Waals surface area contributed by atoms with Crippen molar-refractivity contribution in [2.24, 2.45) is 5.92 Å². The van der Waals surface area contributed by atoms with Gasteiger partial charge in [0.25, 0.3) is 0 Å². The fraction of sp³-hybridized carbons (Fsp3) is 0.600. The highest BCUT2D eigenvalue weighted by Crippen LogP contribution is 2.27. The molecule has 2 nitrogen and oxygen atoms in total. The largest absolute Gasteiger partial charge is 0.381 e. The molecular formula is C15H23NO. The van der Waals surface area contributed by atoms with E-state index in [-0.39, 0.29) is 0 Å². The summed E-state index contributed by atoms with van der Waals surface area (Å²) in [4.78, 5) is 0. The second-order valence-corrected chi connectivity index (χ2v) is 5.23. The van der Waals surface area contributed by atoms with Crippen molar-refractivity contribution in [2.75, 3.05) is 20.3 Å². The topological polar surface area (TPSA) is 21.3 Å². The molecule has 2 unspecified atom stereocenters. The Balaban J connectivity index is 2.10. The van der Waals surface area contributed by atoms with Crippen molar-refractivity contribution in [1.29, 1.82) is 0 Å². The molecule has 1 heterocycles. The van der Waals surface area contributed by atoms with Gasteiger partial charge in [-0.1, -0.05) is 29.3 Å². The molecule has 0 aliphatic carbocycles. The van der Waals surface area contributed by atoms with E-state index < -0.39 is 0 Å². The van der Waals surface area contributed by atoms with Crippen molar-refractivity contribution in [3.8, 4) is 0 Å². The normalized spacial score (nSPS) is 21.7. The average Bonchev–Trinajstić information content (AvgIpc) is 2.77. The lowest BCUT2D eigenvalue weighted by Crippen LogP contribution is -2.20. The summed E-state index contributed by atoms with van der Waals surface area (Å²) < 4.78 is 5.46. The van der Waals surface area contributed by atoms with E-state index in [0.717, 1.165) is 13.2 Å². The maximum Gasteiger partial charge on any atom is 0.0495 e. The van der Waals surface area contributed by atoms with Gasteiger partial charge in [0.1, 0.15) is 0 Å². The molecule has 0 spiro atoms. The number of ether oxygens (including phenoxy) is 1. The number of hydrogen-bond acceptors (Lipinski definition) is 2. The summed E-state index contributed by atoms with van der Waals surface area (Å²) in [5.74, 6) is 0.716. The van der Waals surface area contributed by atoms with E-state index >= 15 is 0 Å². The molecule has 0 radical (unpaired) electrons. The molecule has 17 heavy (non-hydrogen) atoms. The summed E-state index contributed by atoms with van der Waals surface area (Å²) in [6.45, 7) is 6.21. The molecule has 0 aromatic heterocycles. The zero-order valence-corrected chi connectivity index (χ0v) is 11.1. The summed E-state index contributed by atoms with van der Waals surface area (Å²) in [7, 11) is 2.05. The highest BCUT2D eigenvalue weighted by molar-refractivity contribution is 5.30. The van der Waals surface area contributed by atoms with E-state index in [4.69, 9.17) is 4.74 Å². The average molecular weight is 233 g/mol. The molecule has 2 heteroatoms. The second-order valence-electron chi connectivity index (χ2n) is 5.23. The molecule has 1 saturated heterocycles. The lowest BCUT2D eigenvalue weighted by atomic mass is 9.92. The van der Waals surface area contributed by atoms with Gasteiger partial charge < -0.3 is 10.1 Å². The lowest BCUT2D eigenvalue weighted by molar-refractivity contribution is 0.181. The van der Waals surface area contributed by atoms with Crippen LogP contribution in [0.3, 0.4) is 0 Å². The van der Waals surface area contributed by atoms with Crippen LogP contribution < -0.4 is 5.32 Å². The number of aryl methyl sites for hydroxylation is 2. The zero-order chi connectivity index (χ0) is 12.3. The second kappa shape index (κ2) is 5.65. The molecule has 1 aromatic carbocycles. The van der Waals surface area contributed by atoms with Crippen LogP contribution in [0.25, 0.3) is 0 Å².